The maximum Gasteiger partial charge on any atom is 0.332 e. The van der Waals surface area contributed by atoms with Crippen molar-refractivity contribution in [2.75, 3.05) is 13.1 Å². The highest BCUT2D eigenvalue weighted by molar-refractivity contribution is 5.78. The maximum atomic E-state index is 12.6. The van der Waals surface area contributed by atoms with Crippen LogP contribution in [0.1, 0.15) is 25.6 Å². The van der Waals surface area contributed by atoms with Gasteiger partial charge in [0.05, 0.1) is 13.1 Å². The number of aryl methyl sites for hydroxylation is 1. The lowest BCUT2D eigenvalue weighted by atomic mass is 10.0. The zero-order valence-corrected chi connectivity index (χ0v) is 14.9. The summed E-state index contributed by atoms with van der Waals surface area (Å²) in [5.74, 6) is 0.713. The van der Waals surface area contributed by atoms with Gasteiger partial charge in [-0.1, -0.05) is 6.92 Å². The van der Waals surface area contributed by atoms with E-state index in [1.165, 1.54) is 22.9 Å². The highest BCUT2D eigenvalue weighted by atomic mass is 16.2. The fourth-order valence-corrected chi connectivity index (χ4v) is 3.73. The van der Waals surface area contributed by atoms with Gasteiger partial charge in [0.25, 0.3) is 5.56 Å². The average Bonchev–Trinajstić information content (AvgIpc) is 2.89. The number of rotatable bonds is 4. The molecule has 1 aliphatic rings. The first-order valence-electron chi connectivity index (χ1n) is 8.56. The summed E-state index contributed by atoms with van der Waals surface area (Å²) in [5, 5.41) is 0. The molecule has 25 heavy (non-hydrogen) atoms. The molecule has 0 saturated carbocycles. The molecule has 9 nitrogen and oxygen atoms in total. The molecule has 0 bridgehead atoms. The van der Waals surface area contributed by atoms with Crippen LogP contribution < -0.4 is 21.9 Å². The summed E-state index contributed by atoms with van der Waals surface area (Å²) in [6.45, 7) is 4.76. The maximum absolute atomic E-state index is 12.6. The second kappa shape index (κ2) is 6.47. The van der Waals surface area contributed by atoms with Gasteiger partial charge in [0, 0.05) is 20.0 Å². The van der Waals surface area contributed by atoms with E-state index < -0.39 is 17.2 Å². The number of quaternary nitrogens is 1. The molecule has 1 saturated heterocycles. The second-order valence-electron chi connectivity index (χ2n) is 7.09. The zero-order chi connectivity index (χ0) is 18.3. The Morgan fingerprint density at radius 2 is 2.04 bits per heavy atom. The predicted molar refractivity (Wildman–Crippen MR) is 92.2 cm³/mol. The molecular formula is C16H25N6O3+. The van der Waals surface area contributed by atoms with E-state index in [0.717, 1.165) is 24.1 Å². The van der Waals surface area contributed by atoms with Gasteiger partial charge in [0.15, 0.2) is 17.0 Å². The van der Waals surface area contributed by atoms with Crippen LogP contribution >= 0.6 is 0 Å². The summed E-state index contributed by atoms with van der Waals surface area (Å²) >= 11 is 0. The Balaban J connectivity index is 2.15. The Hall–Kier alpha value is -2.42. The van der Waals surface area contributed by atoms with E-state index in [1.54, 1.807) is 11.6 Å². The van der Waals surface area contributed by atoms with E-state index in [1.807, 2.05) is 0 Å². The molecule has 0 aromatic carbocycles. The van der Waals surface area contributed by atoms with Crippen LogP contribution in [-0.4, -0.2) is 37.7 Å². The average molecular weight is 349 g/mol. The van der Waals surface area contributed by atoms with E-state index in [9.17, 15) is 14.4 Å². The predicted octanol–water partition coefficient (Wildman–Crippen LogP) is -2.27. The number of amides is 1. The smallest absolute Gasteiger partial charge is 0.332 e. The number of aromatic nitrogens is 4. The van der Waals surface area contributed by atoms with Gasteiger partial charge < -0.3 is 15.2 Å². The molecule has 1 unspecified atom stereocenters. The Bertz CT molecular complexity index is 938. The lowest BCUT2D eigenvalue weighted by Crippen LogP contribution is -3.12. The van der Waals surface area contributed by atoms with Crippen LogP contribution in [0.3, 0.4) is 0 Å². The highest BCUT2D eigenvalue weighted by Gasteiger charge is 2.25. The quantitative estimate of drug-likeness (QED) is 0.649. The van der Waals surface area contributed by atoms with Crippen LogP contribution in [0.25, 0.3) is 11.2 Å². The number of carbonyl (C=O) groups excluding carboxylic acids is 1. The Morgan fingerprint density at radius 3 is 2.68 bits per heavy atom. The lowest BCUT2D eigenvalue weighted by molar-refractivity contribution is -0.922. The Labute approximate surface area is 144 Å². The number of piperidine rings is 1. The van der Waals surface area contributed by atoms with Gasteiger partial charge in [0.2, 0.25) is 5.91 Å². The third-order valence-electron chi connectivity index (χ3n) is 5.01. The van der Waals surface area contributed by atoms with E-state index in [4.69, 9.17) is 5.73 Å². The summed E-state index contributed by atoms with van der Waals surface area (Å²) < 4.78 is 3.94. The highest BCUT2D eigenvalue weighted by Crippen LogP contribution is 2.11. The number of nitrogens with one attached hydrogen (secondary N) is 1. The van der Waals surface area contributed by atoms with Gasteiger partial charge in [-0.3, -0.25) is 18.7 Å². The molecule has 2 aromatic heterocycles. The molecule has 1 fully saturated rings. The number of nitrogens with zero attached hydrogens (tertiary/aromatic N) is 4. The number of fused-ring (bicyclic) bond motifs is 1. The van der Waals surface area contributed by atoms with E-state index in [2.05, 4.69) is 11.9 Å². The van der Waals surface area contributed by atoms with Crippen molar-refractivity contribution < 1.29 is 9.69 Å². The first-order valence-corrected chi connectivity index (χ1v) is 8.56. The molecule has 2 aromatic rings. The van der Waals surface area contributed by atoms with Crippen molar-refractivity contribution in [1.29, 1.82) is 0 Å². The summed E-state index contributed by atoms with van der Waals surface area (Å²) in [6, 6.07) is 0. The van der Waals surface area contributed by atoms with Crippen LogP contribution in [0.15, 0.2) is 9.59 Å². The Kier molecular flexibility index (Phi) is 4.51. The lowest BCUT2D eigenvalue weighted by Gasteiger charge is -2.27. The van der Waals surface area contributed by atoms with Gasteiger partial charge in [-0.25, -0.2) is 9.78 Å². The molecule has 0 spiro atoms. The monoisotopic (exact) mass is 349 g/mol. The fraction of sp³-hybridized carbons (Fsp3) is 0.625. The summed E-state index contributed by atoms with van der Waals surface area (Å²) in [7, 11) is 2.99. The molecule has 9 heteroatoms. The van der Waals surface area contributed by atoms with Gasteiger partial charge >= 0.3 is 5.69 Å². The van der Waals surface area contributed by atoms with Crippen molar-refractivity contribution in [3.63, 3.8) is 0 Å². The van der Waals surface area contributed by atoms with Gasteiger partial charge in [-0.15, -0.1) is 0 Å². The minimum absolute atomic E-state index is 0.123. The van der Waals surface area contributed by atoms with Crippen molar-refractivity contribution in [2.24, 2.45) is 25.7 Å². The van der Waals surface area contributed by atoms with E-state index >= 15 is 0 Å². The molecular weight excluding hydrogens is 324 g/mol. The van der Waals surface area contributed by atoms with Crippen molar-refractivity contribution in [2.45, 2.75) is 32.9 Å². The number of nitrogens with two attached hydrogens (primary N) is 1. The van der Waals surface area contributed by atoms with Crippen molar-refractivity contribution >= 4 is 17.1 Å². The largest absolute Gasteiger partial charge is 0.368 e. The van der Waals surface area contributed by atoms with Crippen molar-refractivity contribution in [1.82, 2.24) is 18.7 Å². The van der Waals surface area contributed by atoms with E-state index in [0.29, 0.717) is 23.9 Å². The van der Waals surface area contributed by atoms with Gasteiger partial charge in [-0.2, -0.15) is 0 Å². The molecule has 0 radical (unpaired) electrons. The summed E-state index contributed by atoms with van der Waals surface area (Å²) in [4.78, 5) is 42.2. The standard InChI is InChI=1S/C16H24N6O3/c1-10-5-4-6-21(7-10)9-12-18-14-13(22(12)8-11(17)23)15(24)20(3)16(25)19(14)2/h10H,4-9H2,1-3H3,(H2,17,23)/p+1/t10-/m1/s1. The molecule has 3 heterocycles. The third kappa shape index (κ3) is 3.11. The summed E-state index contributed by atoms with van der Waals surface area (Å²) in [5.41, 5.74) is 5.04. The molecule has 1 amide bonds. The normalized spacial score (nSPS) is 20.9. The fourth-order valence-electron chi connectivity index (χ4n) is 3.73. The van der Waals surface area contributed by atoms with Crippen LogP contribution in [-0.2, 0) is 32.0 Å². The van der Waals surface area contributed by atoms with E-state index in [-0.39, 0.29) is 12.1 Å². The Morgan fingerprint density at radius 1 is 1.32 bits per heavy atom. The number of hydrogen-bond donors (Lipinski definition) is 2. The van der Waals surface area contributed by atoms with Crippen LogP contribution in [0, 0.1) is 5.92 Å². The molecule has 1 aliphatic heterocycles. The molecule has 0 aliphatic carbocycles. The minimum Gasteiger partial charge on any atom is -0.368 e. The number of primary amides is 1. The van der Waals surface area contributed by atoms with Crippen LogP contribution in [0.5, 0.6) is 0 Å². The van der Waals surface area contributed by atoms with Crippen molar-refractivity contribution in [3.8, 4) is 0 Å². The van der Waals surface area contributed by atoms with Crippen LogP contribution in [0.4, 0.5) is 0 Å². The minimum atomic E-state index is -0.543. The number of hydrogen-bond acceptors (Lipinski definition) is 4. The van der Waals surface area contributed by atoms with Gasteiger partial charge in [0.1, 0.15) is 13.1 Å². The van der Waals surface area contributed by atoms with Crippen molar-refractivity contribution in [3.05, 3.63) is 26.7 Å². The molecule has 3 N–H and O–H groups in total. The summed E-state index contributed by atoms with van der Waals surface area (Å²) in [6.07, 6.45) is 2.36. The van der Waals surface area contributed by atoms with Gasteiger partial charge in [-0.05, 0) is 12.8 Å². The molecule has 2 atom stereocenters. The second-order valence-corrected chi connectivity index (χ2v) is 7.09. The molecule has 3 rings (SSSR count). The number of carbonyl (C=O) groups is 1. The number of imidazole rings is 1. The zero-order valence-electron chi connectivity index (χ0n) is 14.9. The third-order valence-corrected chi connectivity index (χ3v) is 5.01. The topological polar surface area (TPSA) is 109 Å². The van der Waals surface area contributed by atoms with Crippen LogP contribution in [0.2, 0.25) is 0 Å². The number of likely N-dealkylation sites (tertiary alicyclic amines) is 1. The SMILES string of the molecule is C[C@@H]1CCC[NH+](Cc2nc3c(c(=O)n(C)c(=O)n3C)n2CC(N)=O)C1. The first-order chi connectivity index (χ1) is 11.8. The molecule has 136 valence electrons. The first kappa shape index (κ1) is 17.4.